The van der Waals surface area contributed by atoms with Crippen LogP contribution >= 0.6 is 0 Å². The van der Waals surface area contributed by atoms with Crippen LogP contribution in [-0.2, 0) is 12.7 Å². The van der Waals surface area contributed by atoms with Gasteiger partial charge in [-0.05, 0) is 18.6 Å². The minimum atomic E-state index is -4.37. The van der Waals surface area contributed by atoms with Gasteiger partial charge in [-0.25, -0.2) is 0 Å². The molecule has 22 heavy (non-hydrogen) atoms. The molecule has 1 aromatic carbocycles. The van der Waals surface area contributed by atoms with Crippen LogP contribution in [0.1, 0.15) is 55.6 Å². The van der Waals surface area contributed by atoms with Crippen LogP contribution in [0.3, 0.4) is 0 Å². The molecule has 7 heteroatoms. The van der Waals surface area contributed by atoms with Crippen molar-refractivity contribution in [2.75, 3.05) is 0 Å². The lowest BCUT2D eigenvalue weighted by molar-refractivity contribution is -0.138. The number of benzene rings is 1. The van der Waals surface area contributed by atoms with E-state index in [1.165, 1.54) is 12.1 Å². The van der Waals surface area contributed by atoms with Crippen molar-refractivity contribution in [3.8, 4) is 0 Å². The highest BCUT2D eigenvalue weighted by Gasteiger charge is 2.34. The van der Waals surface area contributed by atoms with Gasteiger partial charge < -0.3 is 9.73 Å². The average molecular weight is 313 g/mol. The topological polar surface area (TPSA) is 51.0 Å². The number of rotatable bonds is 5. The van der Waals surface area contributed by atoms with Crippen LogP contribution in [0.25, 0.3) is 0 Å². The summed E-state index contributed by atoms with van der Waals surface area (Å²) in [6.45, 7) is 5.73. The highest BCUT2D eigenvalue weighted by molar-refractivity contribution is 5.32. The second-order valence-electron chi connectivity index (χ2n) is 5.38. The van der Waals surface area contributed by atoms with Crippen LogP contribution in [0.5, 0.6) is 0 Å². The van der Waals surface area contributed by atoms with Crippen LogP contribution in [0.4, 0.5) is 13.2 Å². The molecular weight excluding hydrogens is 295 g/mol. The third-order valence-corrected chi connectivity index (χ3v) is 3.27. The van der Waals surface area contributed by atoms with Crippen molar-refractivity contribution in [1.82, 2.24) is 15.5 Å². The maximum atomic E-state index is 13.0. The molecule has 0 radical (unpaired) electrons. The first-order chi connectivity index (χ1) is 10.3. The fourth-order valence-corrected chi connectivity index (χ4v) is 2.05. The lowest BCUT2D eigenvalue weighted by Gasteiger charge is -2.18. The van der Waals surface area contributed by atoms with Gasteiger partial charge in [-0.1, -0.05) is 32.0 Å². The van der Waals surface area contributed by atoms with Gasteiger partial charge >= 0.3 is 6.18 Å². The number of aromatic nitrogens is 2. The van der Waals surface area contributed by atoms with E-state index in [-0.39, 0.29) is 18.0 Å². The first-order valence-electron chi connectivity index (χ1n) is 7.00. The fraction of sp³-hybridized carbons (Fsp3) is 0.467. The minimum Gasteiger partial charge on any atom is -0.424 e. The third kappa shape index (κ3) is 3.85. The molecule has 0 amide bonds. The van der Waals surface area contributed by atoms with Crippen molar-refractivity contribution in [3.05, 3.63) is 47.2 Å². The van der Waals surface area contributed by atoms with Crippen molar-refractivity contribution in [3.63, 3.8) is 0 Å². The smallest absolute Gasteiger partial charge is 0.416 e. The van der Waals surface area contributed by atoms with Crippen LogP contribution in [0.15, 0.2) is 28.7 Å². The molecule has 1 atom stereocenters. The van der Waals surface area contributed by atoms with Crippen molar-refractivity contribution in [2.24, 2.45) is 0 Å². The zero-order valence-corrected chi connectivity index (χ0v) is 12.6. The largest absolute Gasteiger partial charge is 0.424 e. The van der Waals surface area contributed by atoms with E-state index in [1.807, 2.05) is 13.8 Å². The van der Waals surface area contributed by atoms with Gasteiger partial charge in [0, 0.05) is 12.0 Å². The average Bonchev–Trinajstić information content (AvgIpc) is 2.93. The van der Waals surface area contributed by atoms with E-state index in [0.29, 0.717) is 11.8 Å². The van der Waals surface area contributed by atoms with Crippen LogP contribution < -0.4 is 5.32 Å². The molecule has 1 N–H and O–H groups in total. The van der Waals surface area contributed by atoms with Gasteiger partial charge in [-0.3, -0.25) is 0 Å². The van der Waals surface area contributed by atoms with Gasteiger partial charge in [0.05, 0.1) is 12.1 Å². The van der Waals surface area contributed by atoms with Gasteiger partial charge in [-0.15, -0.1) is 10.2 Å². The molecule has 2 aromatic rings. The molecular formula is C15H18F3N3O. The number of hydrogen-bond donors (Lipinski definition) is 1. The second kappa shape index (κ2) is 6.48. The van der Waals surface area contributed by atoms with Crippen molar-refractivity contribution < 1.29 is 17.6 Å². The number of alkyl halides is 3. The predicted molar refractivity (Wildman–Crippen MR) is 75.1 cm³/mol. The second-order valence-corrected chi connectivity index (χ2v) is 5.38. The Hall–Kier alpha value is -1.89. The summed E-state index contributed by atoms with van der Waals surface area (Å²) in [6.07, 6.45) is -4.37. The number of hydrogen-bond acceptors (Lipinski definition) is 4. The minimum absolute atomic E-state index is 0.115. The lowest BCUT2D eigenvalue weighted by Crippen LogP contribution is -2.21. The summed E-state index contributed by atoms with van der Waals surface area (Å²) in [4.78, 5) is 0. The van der Waals surface area contributed by atoms with Gasteiger partial charge in [0.15, 0.2) is 0 Å². The SMILES string of the molecule is CC(C)c1nnc(CN[C@H](C)c2ccccc2C(F)(F)F)o1. The zero-order valence-electron chi connectivity index (χ0n) is 12.6. The molecule has 0 spiro atoms. The summed E-state index contributed by atoms with van der Waals surface area (Å²) in [5, 5.41) is 10.7. The van der Waals surface area contributed by atoms with Crippen LogP contribution in [0.2, 0.25) is 0 Å². The summed E-state index contributed by atoms with van der Waals surface area (Å²) in [6, 6.07) is 5.02. The molecule has 0 unspecified atom stereocenters. The molecule has 120 valence electrons. The summed E-state index contributed by atoms with van der Waals surface area (Å²) in [7, 11) is 0. The number of nitrogens with zero attached hydrogens (tertiary/aromatic N) is 2. The van der Waals surface area contributed by atoms with E-state index >= 15 is 0 Å². The highest BCUT2D eigenvalue weighted by Crippen LogP contribution is 2.34. The molecule has 0 bridgehead atoms. The van der Waals surface area contributed by atoms with E-state index in [1.54, 1.807) is 13.0 Å². The van der Waals surface area contributed by atoms with Gasteiger partial charge in [0.2, 0.25) is 11.8 Å². The molecule has 1 heterocycles. The normalized spacial score (nSPS) is 13.6. The number of halogens is 3. The van der Waals surface area contributed by atoms with Crippen LogP contribution in [0, 0.1) is 0 Å². The van der Waals surface area contributed by atoms with Crippen LogP contribution in [-0.4, -0.2) is 10.2 Å². The molecule has 0 aliphatic heterocycles. The van der Waals surface area contributed by atoms with E-state index in [9.17, 15) is 13.2 Å². The maximum Gasteiger partial charge on any atom is 0.416 e. The van der Waals surface area contributed by atoms with E-state index in [4.69, 9.17) is 4.42 Å². The Bertz CT molecular complexity index is 622. The fourth-order valence-electron chi connectivity index (χ4n) is 2.05. The van der Waals surface area contributed by atoms with Gasteiger partial charge in [0.1, 0.15) is 0 Å². The summed E-state index contributed by atoms with van der Waals surface area (Å²) in [5.74, 6) is 0.991. The summed E-state index contributed by atoms with van der Waals surface area (Å²) in [5.41, 5.74) is -0.443. The van der Waals surface area contributed by atoms with Gasteiger partial charge in [-0.2, -0.15) is 13.2 Å². The van der Waals surface area contributed by atoms with Crippen molar-refractivity contribution in [1.29, 1.82) is 0 Å². The molecule has 0 saturated carbocycles. The Kier molecular flexibility index (Phi) is 4.85. The van der Waals surface area contributed by atoms with Gasteiger partial charge in [0.25, 0.3) is 0 Å². The Morgan fingerprint density at radius 3 is 2.41 bits per heavy atom. The first-order valence-corrected chi connectivity index (χ1v) is 7.00. The van der Waals surface area contributed by atoms with E-state index in [2.05, 4.69) is 15.5 Å². The molecule has 0 aliphatic rings. The molecule has 0 aliphatic carbocycles. The monoisotopic (exact) mass is 313 g/mol. The van der Waals surface area contributed by atoms with E-state index in [0.717, 1.165) is 6.07 Å². The Balaban J connectivity index is 2.08. The van der Waals surface area contributed by atoms with Crippen molar-refractivity contribution >= 4 is 0 Å². The molecule has 4 nitrogen and oxygen atoms in total. The Morgan fingerprint density at radius 2 is 1.82 bits per heavy atom. The standard InChI is InChI=1S/C15H18F3N3O/c1-9(2)14-21-20-13(22-14)8-19-10(3)11-6-4-5-7-12(11)15(16,17)18/h4-7,9-10,19H,8H2,1-3H3/t10-/m1/s1. The predicted octanol–water partition coefficient (Wildman–Crippen LogP) is 4.06. The molecule has 2 rings (SSSR count). The molecule has 1 aromatic heterocycles. The summed E-state index contributed by atoms with van der Waals surface area (Å²) < 4.78 is 44.4. The highest BCUT2D eigenvalue weighted by atomic mass is 19.4. The third-order valence-electron chi connectivity index (χ3n) is 3.27. The number of nitrogens with one attached hydrogen (secondary N) is 1. The lowest BCUT2D eigenvalue weighted by atomic mass is 10.0. The first kappa shape index (κ1) is 16.5. The maximum absolute atomic E-state index is 13.0. The zero-order chi connectivity index (χ0) is 16.3. The molecule has 0 saturated heterocycles. The Morgan fingerprint density at radius 1 is 1.14 bits per heavy atom. The molecule has 0 fully saturated rings. The quantitative estimate of drug-likeness (QED) is 0.904. The Labute approximate surface area is 126 Å². The van der Waals surface area contributed by atoms with Crippen molar-refractivity contribution in [2.45, 2.75) is 45.5 Å². The summed E-state index contributed by atoms with van der Waals surface area (Å²) >= 11 is 0. The van der Waals surface area contributed by atoms with E-state index < -0.39 is 17.8 Å².